The van der Waals surface area contributed by atoms with Crippen molar-refractivity contribution < 1.29 is 13.0 Å². The molecule has 1 N–H and O–H groups in total. The van der Waals surface area contributed by atoms with Crippen LogP contribution in [0.2, 0.25) is 4.34 Å². The van der Waals surface area contributed by atoms with Crippen LogP contribution in [0.5, 0.6) is 0 Å². The number of rotatable bonds is 1. The van der Waals surface area contributed by atoms with Crippen molar-refractivity contribution in [3.63, 3.8) is 0 Å². The second-order valence-corrected chi connectivity index (χ2v) is 4.90. The van der Waals surface area contributed by atoms with Crippen LogP contribution in [-0.4, -0.2) is 13.0 Å². The van der Waals surface area contributed by atoms with Gasteiger partial charge in [0.1, 0.15) is 4.21 Å². The fourth-order valence-corrected chi connectivity index (χ4v) is 2.28. The van der Waals surface area contributed by atoms with Gasteiger partial charge < -0.3 is 0 Å². The zero-order valence-corrected chi connectivity index (χ0v) is 7.00. The molecule has 0 atom stereocenters. The first-order chi connectivity index (χ1) is 4.50. The molecule has 0 radical (unpaired) electrons. The van der Waals surface area contributed by atoms with Crippen LogP contribution in [0.15, 0.2) is 16.3 Å². The van der Waals surface area contributed by atoms with Gasteiger partial charge in [0, 0.05) is 0 Å². The summed E-state index contributed by atoms with van der Waals surface area (Å²) < 4.78 is 29.3. The molecule has 0 aromatic carbocycles. The molecule has 0 aliphatic heterocycles. The summed E-state index contributed by atoms with van der Waals surface area (Å²) in [5, 5.41) is 0. The molecular weight excluding hydrogens is 196 g/mol. The quantitative estimate of drug-likeness (QED) is 0.699. The van der Waals surface area contributed by atoms with Crippen molar-refractivity contribution in [1.29, 1.82) is 0 Å². The lowest BCUT2D eigenvalue weighted by Crippen LogP contribution is -1.92. The summed E-state index contributed by atoms with van der Waals surface area (Å²) in [4.78, 5) is 0. The molecule has 0 fully saturated rings. The van der Waals surface area contributed by atoms with E-state index < -0.39 is 10.1 Å². The smallest absolute Gasteiger partial charge is 0.281 e. The van der Waals surface area contributed by atoms with Crippen LogP contribution in [0.1, 0.15) is 0 Å². The first kappa shape index (κ1) is 8.00. The average molecular weight is 199 g/mol. The Labute approximate surface area is 67.0 Å². The van der Waals surface area contributed by atoms with Crippen LogP contribution in [0.3, 0.4) is 0 Å². The van der Waals surface area contributed by atoms with Crippen LogP contribution >= 0.6 is 22.9 Å². The Morgan fingerprint density at radius 3 is 2.30 bits per heavy atom. The topological polar surface area (TPSA) is 54.4 Å². The summed E-state index contributed by atoms with van der Waals surface area (Å²) in [6, 6.07) is 2.66. The van der Waals surface area contributed by atoms with Crippen molar-refractivity contribution in [1.82, 2.24) is 0 Å². The van der Waals surface area contributed by atoms with E-state index in [1.807, 2.05) is 0 Å². The maximum Gasteiger partial charge on any atom is 0.304 e. The molecule has 56 valence electrons. The summed E-state index contributed by atoms with van der Waals surface area (Å²) in [6.45, 7) is 0. The fraction of sp³-hybridized carbons (Fsp3) is 0. The molecule has 0 bridgehead atoms. The molecular formula is C4H3ClO3S2. The third kappa shape index (κ3) is 1.69. The van der Waals surface area contributed by atoms with Crippen molar-refractivity contribution in [2.45, 2.75) is 4.21 Å². The van der Waals surface area contributed by atoms with Gasteiger partial charge in [-0.05, 0) is 12.1 Å². The number of halogens is 1. The second kappa shape index (κ2) is 2.50. The minimum atomic E-state index is -4.05. The fourth-order valence-electron chi connectivity index (χ4n) is 0.436. The molecule has 0 amide bonds. The lowest BCUT2D eigenvalue weighted by Gasteiger charge is -1.85. The van der Waals surface area contributed by atoms with E-state index >= 15 is 0 Å². The van der Waals surface area contributed by atoms with Crippen LogP contribution in [-0.2, 0) is 10.1 Å². The first-order valence-corrected chi connectivity index (χ1v) is 4.86. The number of hydrogen-bond donors (Lipinski definition) is 1. The second-order valence-electron chi connectivity index (χ2n) is 1.53. The molecule has 1 aromatic rings. The van der Waals surface area contributed by atoms with Gasteiger partial charge in [0.2, 0.25) is 0 Å². The van der Waals surface area contributed by atoms with E-state index in [1.165, 1.54) is 12.1 Å². The van der Waals surface area contributed by atoms with Crippen LogP contribution < -0.4 is 0 Å². The summed E-state index contributed by atoms with van der Waals surface area (Å²) >= 11 is 6.23. The maximum absolute atomic E-state index is 10.4. The molecule has 1 aromatic heterocycles. The predicted molar refractivity (Wildman–Crippen MR) is 39.1 cm³/mol. The Morgan fingerprint density at radius 2 is 2.10 bits per heavy atom. The summed E-state index contributed by atoms with van der Waals surface area (Å²) in [7, 11) is -4.05. The molecule has 6 heteroatoms. The highest BCUT2D eigenvalue weighted by Crippen LogP contribution is 2.24. The zero-order chi connectivity index (χ0) is 7.78. The van der Waals surface area contributed by atoms with Crippen molar-refractivity contribution in [3.8, 4) is 0 Å². The molecule has 10 heavy (non-hydrogen) atoms. The molecule has 0 aliphatic carbocycles. The van der Waals surface area contributed by atoms with Gasteiger partial charge in [0.05, 0.1) is 4.34 Å². The Bertz CT molecular complexity index is 326. The van der Waals surface area contributed by atoms with E-state index in [9.17, 15) is 8.42 Å². The molecule has 0 saturated carbocycles. The van der Waals surface area contributed by atoms with E-state index in [0.717, 1.165) is 11.3 Å². The van der Waals surface area contributed by atoms with E-state index in [2.05, 4.69) is 0 Å². The third-order valence-corrected chi connectivity index (χ3v) is 3.35. The Hall–Kier alpha value is -0.100. The average Bonchev–Trinajstić information content (AvgIpc) is 2.11. The van der Waals surface area contributed by atoms with Crippen LogP contribution in [0, 0.1) is 0 Å². The molecule has 0 spiro atoms. The van der Waals surface area contributed by atoms with Gasteiger partial charge in [0.15, 0.2) is 0 Å². The molecule has 3 nitrogen and oxygen atoms in total. The summed E-state index contributed by atoms with van der Waals surface area (Å²) in [5.41, 5.74) is 0. The Balaban J connectivity index is 3.21. The molecule has 1 rings (SSSR count). The highest BCUT2D eigenvalue weighted by atomic mass is 35.5. The molecule has 1 heterocycles. The summed E-state index contributed by atoms with van der Waals surface area (Å²) in [5.74, 6) is 0. The predicted octanol–water partition coefficient (Wildman–Crippen LogP) is 1.65. The highest BCUT2D eigenvalue weighted by molar-refractivity contribution is 7.88. The number of hydrogen-bond acceptors (Lipinski definition) is 3. The van der Waals surface area contributed by atoms with E-state index in [-0.39, 0.29) is 4.21 Å². The SMILES string of the molecule is O=S(=O)(O)c1ccc(Cl)s1. The first-order valence-electron chi connectivity index (χ1n) is 2.23. The van der Waals surface area contributed by atoms with Gasteiger partial charge in [0.25, 0.3) is 0 Å². The van der Waals surface area contributed by atoms with E-state index in [4.69, 9.17) is 16.2 Å². The van der Waals surface area contributed by atoms with Gasteiger partial charge in [-0.25, -0.2) is 0 Å². The summed E-state index contributed by atoms with van der Waals surface area (Å²) in [6.07, 6.45) is 0. The third-order valence-electron chi connectivity index (χ3n) is 0.803. The van der Waals surface area contributed by atoms with Gasteiger partial charge in [-0.3, -0.25) is 4.55 Å². The van der Waals surface area contributed by atoms with Crippen molar-refractivity contribution in [2.24, 2.45) is 0 Å². The van der Waals surface area contributed by atoms with Gasteiger partial charge in [-0.2, -0.15) is 8.42 Å². The molecule has 0 aliphatic rings. The largest absolute Gasteiger partial charge is 0.304 e. The Kier molecular flexibility index (Phi) is 2.00. The lowest BCUT2D eigenvalue weighted by molar-refractivity contribution is 0.485. The van der Waals surface area contributed by atoms with Crippen molar-refractivity contribution in [3.05, 3.63) is 16.5 Å². The van der Waals surface area contributed by atoms with E-state index in [0.29, 0.717) is 4.34 Å². The minimum Gasteiger partial charge on any atom is -0.281 e. The standard InChI is InChI=1S/C4H3ClO3S2/c5-3-1-2-4(9-3)10(6,7)8/h1-2H,(H,6,7,8). The maximum atomic E-state index is 10.4. The minimum absolute atomic E-state index is 0.127. The highest BCUT2D eigenvalue weighted by Gasteiger charge is 2.11. The normalized spacial score (nSPS) is 11.8. The van der Waals surface area contributed by atoms with Crippen molar-refractivity contribution in [2.75, 3.05) is 0 Å². The van der Waals surface area contributed by atoms with Crippen LogP contribution in [0.4, 0.5) is 0 Å². The van der Waals surface area contributed by atoms with Gasteiger partial charge in [-0.15, -0.1) is 11.3 Å². The monoisotopic (exact) mass is 198 g/mol. The van der Waals surface area contributed by atoms with E-state index in [1.54, 1.807) is 0 Å². The lowest BCUT2D eigenvalue weighted by atomic mass is 10.7. The van der Waals surface area contributed by atoms with Crippen LogP contribution in [0.25, 0.3) is 0 Å². The number of thiophene rings is 1. The zero-order valence-electron chi connectivity index (χ0n) is 4.61. The van der Waals surface area contributed by atoms with Gasteiger partial charge in [-0.1, -0.05) is 11.6 Å². The van der Waals surface area contributed by atoms with Crippen molar-refractivity contribution >= 4 is 33.1 Å². The molecule has 0 saturated heterocycles. The Morgan fingerprint density at radius 1 is 1.50 bits per heavy atom. The van der Waals surface area contributed by atoms with Gasteiger partial charge >= 0.3 is 10.1 Å². The molecule has 0 unspecified atom stereocenters.